The minimum atomic E-state index is -4.02. The van der Waals surface area contributed by atoms with Gasteiger partial charge in [-0.2, -0.15) is 0 Å². The highest BCUT2D eigenvalue weighted by Crippen LogP contribution is 2.21. The van der Waals surface area contributed by atoms with Crippen LogP contribution >= 0.6 is 11.6 Å². The second kappa shape index (κ2) is 13.2. The molecule has 0 unspecified atom stereocenters. The zero-order valence-corrected chi connectivity index (χ0v) is 22.2. The molecule has 192 valence electrons. The summed E-state index contributed by atoms with van der Waals surface area (Å²) in [4.78, 5) is 16.2. The number of benzene rings is 2. The molecule has 0 spiro atoms. The fraction of sp³-hybridized carbons (Fsp3) is 0.269. The molecule has 0 bridgehead atoms. The van der Waals surface area contributed by atoms with Gasteiger partial charge in [-0.05, 0) is 42.2 Å². The van der Waals surface area contributed by atoms with Crippen LogP contribution in [0.5, 0.6) is 0 Å². The number of nitrogens with two attached hydrogens (primary N) is 2. The molecule has 2 rings (SSSR count). The number of amides is 1. The number of guanidine groups is 1. The number of carbonyl (C=O) groups excluding carboxylic acids is 1. The molecular weight excluding hydrogens is 498 g/mol. The molecule has 0 aliphatic rings. The molecule has 0 saturated heterocycles. The number of allylic oxidation sites excluding steroid dienone is 2. The molecule has 0 saturated carbocycles. The number of hydrogen-bond acceptors (Lipinski definition) is 5. The Morgan fingerprint density at radius 2 is 1.81 bits per heavy atom. The first kappa shape index (κ1) is 29.0. The highest BCUT2D eigenvalue weighted by molar-refractivity contribution is 7.94. The van der Waals surface area contributed by atoms with E-state index in [-0.39, 0.29) is 23.3 Å². The van der Waals surface area contributed by atoms with Gasteiger partial charge in [0.05, 0.1) is 23.1 Å². The van der Waals surface area contributed by atoms with Crippen molar-refractivity contribution in [2.75, 3.05) is 6.54 Å². The van der Waals surface area contributed by atoms with Gasteiger partial charge in [0.1, 0.15) is 6.04 Å². The van der Waals surface area contributed by atoms with Crippen molar-refractivity contribution in [2.24, 2.45) is 16.6 Å². The van der Waals surface area contributed by atoms with Gasteiger partial charge in [-0.15, -0.1) is 0 Å². The molecule has 1 amide bonds. The summed E-state index contributed by atoms with van der Waals surface area (Å²) in [6.07, 6.45) is 2.91. The van der Waals surface area contributed by atoms with Crippen LogP contribution in [0.1, 0.15) is 37.8 Å². The number of hydrogen-bond donors (Lipinski definition) is 4. The summed E-state index contributed by atoms with van der Waals surface area (Å²) in [5.41, 5.74) is 7.40. The van der Waals surface area contributed by atoms with E-state index in [2.05, 4.69) is 16.3 Å². The molecule has 0 fully saturated rings. The highest BCUT2D eigenvalue weighted by Gasteiger charge is 2.27. The maximum atomic E-state index is 12.8. The molecule has 6 N–H and O–H groups in total. The molecule has 0 heterocycles. The van der Waals surface area contributed by atoms with Crippen LogP contribution in [0.2, 0.25) is 5.02 Å². The second-order valence-corrected chi connectivity index (χ2v) is 10.7. The van der Waals surface area contributed by atoms with Crippen molar-refractivity contribution in [3.8, 4) is 0 Å². The van der Waals surface area contributed by atoms with Gasteiger partial charge < -0.3 is 11.1 Å². The Morgan fingerprint density at radius 1 is 1.19 bits per heavy atom. The van der Waals surface area contributed by atoms with E-state index in [0.717, 1.165) is 5.56 Å². The highest BCUT2D eigenvalue weighted by atomic mass is 35.5. The second-order valence-electron chi connectivity index (χ2n) is 8.50. The van der Waals surface area contributed by atoms with Gasteiger partial charge in [0.15, 0.2) is 0 Å². The fourth-order valence-corrected chi connectivity index (χ4v) is 4.44. The molecule has 0 radical (unpaired) electrons. The molecule has 2 atom stereocenters. The SMILES string of the molecule is C=C(/C=C\C)S(=O)(=O)NC(=N[C@@H](C(N)=O)C(C)C)[NH2+]C[C@H](C(=N)c1ccc(Cl)cc1)c1ccccc1. The number of sulfonamides is 1. The van der Waals surface area contributed by atoms with Crippen LogP contribution in [0.4, 0.5) is 0 Å². The summed E-state index contributed by atoms with van der Waals surface area (Å²) >= 11 is 6.02. The Balaban J connectivity index is 2.45. The zero-order valence-electron chi connectivity index (χ0n) is 20.6. The third-order valence-electron chi connectivity index (χ3n) is 5.39. The standard InChI is InChI=1S/C26H32ClN5O3S/c1-5-9-18(4)36(34,35)32-26(31-24(17(2)3)25(29)33)30-16-22(19-10-7-6-8-11-19)23(28)20-12-14-21(27)15-13-20/h5-15,17,22,24,28H,4,16H2,1-3H3,(H2,29,33)(H2,30,31,32)/p+1/b9-5-,28-23?/t22-,24+/m0/s1. The van der Waals surface area contributed by atoms with Crippen LogP contribution < -0.4 is 15.8 Å². The maximum absolute atomic E-state index is 12.8. The Hall–Kier alpha value is -3.27. The lowest BCUT2D eigenvalue weighted by Gasteiger charge is -2.20. The lowest BCUT2D eigenvalue weighted by atomic mass is 9.90. The molecule has 36 heavy (non-hydrogen) atoms. The van der Waals surface area contributed by atoms with Crippen molar-refractivity contribution in [3.63, 3.8) is 0 Å². The number of nitrogens with one attached hydrogen (secondary N) is 2. The van der Waals surface area contributed by atoms with E-state index in [1.54, 1.807) is 56.4 Å². The lowest BCUT2D eigenvalue weighted by molar-refractivity contribution is -0.543. The summed E-state index contributed by atoms with van der Waals surface area (Å²) in [7, 11) is -4.02. The van der Waals surface area contributed by atoms with E-state index in [1.165, 1.54) is 6.08 Å². The van der Waals surface area contributed by atoms with E-state index in [4.69, 9.17) is 22.7 Å². The molecule has 0 aliphatic heterocycles. The fourth-order valence-electron chi connectivity index (χ4n) is 3.46. The van der Waals surface area contributed by atoms with Crippen molar-refractivity contribution >= 4 is 39.2 Å². The first-order valence-corrected chi connectivity index (χ1v) is 13.3. The zero-order chi connectivity index (χ0) is 26.9. The number of aliphatic imine (C=N–C) groups is 1. The summed E-state index contributed by atoms with van der Waals surface area (Å²) in [5.74, 6) is -1.39. The average molecular weight is 531 g/mol. The number of halogens is 1. The Kier molecular flexibility index (Phi) is 10.6. The van der Waals surface area contributed by atoms with Gasteiger partial charge >= 0.3 is 5.96 Å². The number of quaternary nitrogens is 1. The molecule has 0 aromatic heterocycles. The first-order chi connectivity index (χ1) is 17.0. The van der Waals surface area contributed by atoms with Crippen molar-refractivity contribution in [2.45, 2.75) is 32.7 Å². The largest absolute Gasteiger partial charge is 0.368 e. The van der Waals surface area contributed by atoms with Crippen LogP contribution in [0.3, 0.4) is 0 Å². The Bertz CT molecular complexity index is 1240. The molecule has 8 nitrogen and oxygen atoms in total. The Labute approximate surface area is 217 Å². The number of rotatable bonds is 11. The van der Waals surface area contributed by atoms with E-state index in [9.17, 15) is 13.2 Å². The van der Waals surface area contributed by atoms with Gasteiger partial charge in [0.2, 0.25) is 5.91 Å². The lowest BCUT2D eigenvalue weighted by Crippen LogP contribution is -2.92. The molecule has 10 heteroatoms. The normalized spacial score (nSPS) is 14.0. The van der Waals surface area contributed by atoms with Gasteiger partial charge in [-0.3, -0.25) is 10.1 Å². The predicted molar refractivity (Wildman–Crippen MR) is 146 cm³/mol. The monoisotopic (exact) mass is 530 g/mol. The van der Waals surface area contributed by atoms with Gasteiger partial charge in [0, 0.05) is 5.02 Å². The third-order valence-corrected chi connectivity index (χ3v) is 6.95. The van der Waals surface area contributed by atoms with Gasteiger partial charge in [-0.25, -0.2) is 18.1 Å². The van der Waals surface area contributed by atoms with Crippen LogP contribution in [-0.4, -0.2) is 38.6 Å². The summed E-state index contributed by atoms with van der Waals surface area (Å²) in [6, 6.07) is 15.4. The van der Waals surface area contributed by atoms with Crippen LogP contribution in [-0.2, 0) is 14.8 Å². The summed E-state index contributed by atoms with van der Waals surface area (Å²) < 4.78 is 28.1. The maximum Gasteiger partial charge on any atom is 0.309 e. The number of carbonyl (C=O) groups is 1. The van der Waals surface area contributed by atoms with Gasteiger partial charge in [-0.1, -0.05) is 80.6 Å². The van der Waals surface area contributed by atoms with Crippen molar-refractivity contribution < 1.29 is 18.5 Å². The predicted octanol–water partition coefficient (Wildman–Crippen LogP) is 2.93. The van der Waals surface area contributed by atoms with Gasteiger partial charge in [0.25, 0.3) is 10.0 Å². The Morgan fingerprint density at radius 3 is 2.33 bits per heavy atom. The number of nitrogens with zero attached hydrogens (tertiary/aromatic N) is 1. The van der Waals surface area contributed by atoms with E-state index in [0.29, 0.717) is 16.3 Å². The van der Waals surface area contributed by atoms with E-state index in [1.807, 2.05) is 30.3 Å². The average Bonchev–Trinajstić information content (AvgIpc) is 2.83. The molecule has 2 aromatic rings. The molecule has 0 aliphatic carbocycles. The van der Waals surface area contributed by atoms with E-state index >= 15 is 0 Å². The number of primary amides is 1. The smallest absolute Gasteiger partial charge is 0.309 e. The van der Waals surface area contributed by atoms with Crippen molar-refractivity contribution in [1.82, 2.24) is 4.72 Å². The molecular formula is C26H33ClN5O3S+. The van der Waals surface area contributed by atoms with Crippen molar-refractivity contribution in [1.29, 1.82) is 5.41 Å². The summed E-state index contributed by atoms with van der Waals surface area (Å²) in [5, 5.41) is 11.0. The minimum Gasteiger partial charge on any atom is -0.368 e. The quantitative estimate of drug-likeness (QED) is 0.201. The summed E-state index contributed by atoms with van der Waals surface area (Å²) in [6.45, 7) is 9.04. The minimum absolute atomic E-state index is 0.0389. The van der Waals surface area contributed by atoms with E-state index < -0.39 is 27.9 Å². The van der Waals surface area contributed by atoms with Crippen LogP contribution in [0.15, 0.2) is 83.2 Å². The van der Waals surface area contributed by atoms with Crippen LogP contribution in [0, 0.1) is 11.3 Å². The first-order valence-electron chi connectivity index (χ1n) is 11.4. The van der Waals surface area contributed by atoms with Crippen molar-refractivity contribution in [3.05, 3.63) is 94.4 Å². The molecule has 2 aromatic carbocycles. The van der Waals surface area contributed by atoms with Crippen LogP contribution in [0.25, 0.3) is 0 Å². The third kappa shape index (κ3) is 8.15. The topological polar surface area (TPSA) is 142 Å².